The van der Waals surface area contributed by atoms with Gasteiger partial charge in [0.05, 0.1) is 25.4 Å². The molecule has 0 unspecified atom stereocenters. The molecule has 0 aromatic heterocycles. The Bertz CT molecular complexity index is 605. The summed E-state index contributed by atoms with van der Waals surface area (Å²) in [5.41, 5.74) is -0.489. The van der Waals surface area contributed by atoms with Crippen LogP contribution in [0.2, 0.25) is 0 Å². The summed E-state index contributed by atoms with van der Waals surface area (Å²) in [4.78, 5) is 12.1. The molecule has 0 aliphatic carbocycles. The highest BCUT2D eigenvalue weighted by atomic mass is 16.6. The summed E-state index contributed by atoms with van der Waals surface area (Å²) in [6.45, 7) is 7.62. The van der Waals surface area contributed by atoms with E-state index in [1.807, 2.05) is 12.1 Å². The fraction of sp³-hybridized carbons (Fsp3) is 0.720. The number of carbonyl (C=O) groups is 1. The van der Waals surface area contributed by atoms with Gasteiger partial charge in [0.25, 0.3) is 0 Å². The number of aryl methyl sites for hydroxylation is 1. The number of alkyl carbamates (subject to hydrolysis) is 1. The van der Waals surface area contributed by atoms with Gasteiger partial charge < -0.3 is 25.0 Å². The van der Waals surface area contributed by atoms with E-state index in [-0.39, 0.29) is 13.2 Å². The standard InChI is InChI=1S/C25H43NO5/c1-5-6-7-8-11-18-30-22-15-13-21(14-16-22)12-9-10-17-25(19-27,20-28)26-23(29)31-24(2,3)4/h13-16,27-28H,5-12,17-20H2,1-4H3,(H,26,29). The van der Waals surface area contributed by atoms with Crippen LogP contribution < -0.4 is 10.1 Å². The Kier molecular flexibility index (Phi) is 12.6. The van der Waals surface area contributed by atoms with Gasteiger partial charge in [0, 0.05) is 0 Å². The van der Waals surface area contributed by atoms with Crippen molar-refractivity contribution >= 4 is 6.09 Å². The van der Waals surface area contributed by atoms with Gasteiger partial charge >= 0.3 is 6.09 Å². The molecule has 6 heteroatoms. The first-order valence-electron chi connectivity index (χ1n) is 11.7. The van der Waals surface area contributed by atoms with Crippen LogP contribution in [-0.4, -0.2) is 47.3 Å². The number of nitrogens with one attached hydrogen (secondary N) is 1. The number of benzene rings is 1. The lowest BCUT2D eigenvalue weighted by molar-refractivity contribution is 0.0270. The maximum Gasteiger partial charge on any atom is 0.408 e. The lowest BCUT2D eigenvalue weighted by Crippen LogP contribution is -2.55. The first kappa shape index (κ1) is 27.2. The van der Waals surface area contributed by atoms with Crippen LogP contribution in [0, 0.1) is 0 Å². The molecule has 0 heterocycles. The highest BCUT2D eigenvalue weighted by Gasteiger charge is 2.32. The molecule has 31 heavy (non-hydrogen) atoms. The van der Waals surface area contributed by atoms with E-state index in [9.17, 15) is 15.0 Å². The van der Waals surface area contributed by atoms with Gasteiger partial charge in [0.15, 0.2) is 0 Å². The normalized spacial score (nSPS) is 11.9. The number of hydrogen-bond acceptors (Lipinski definition) is 5. The van der Waals surface area contributed by atoms with Gasteiger partial charge in [0.2, 0.25) is 0 Å². The topological polar surface area (TPSA) is 88.0 Å². The average Bonchev–Trinajstić information content (AvgIpc) is 2.72. The highest BCUT2D eigenvalue weighted by Crippen LogP contribution is 2.19. The van der Waals surface area contributed by atoms with Gasteiger partial charge in [-0.15, -0.1) is 0 Å². The number of carbonyl (C=O) groups excluding carboxylic acids is 1. The molecule has 178 valence electrons. The van der Waals surface area contributed by atoms with Crippen LogP contribution in [0.25, 0.3) is 0 Å². The molecule has 0 bridgehead atoms. The molecule has 0 spiro atoms. The van der Waals surface area contributed by atoms with Crippen LogP contribution in [-0.2, 0) is 11.2 Å². The molecular weight excluding hydrogens is 394 g/mol. The van der Waals surface area contributed by atoms with E-state index >= 15 is 0 Å². The van der Waals surface area contributed by atoms with Crippen LogP contribution in [0.4, 0.5) is 4.79 Å². The third-order valence-electron chi connectivity index (χ3n) is 5.18. The van der Waals surface area contributed by atoms with E-state index in [2.05, 4.69) is 24.4 Å². The van der Waals surface area contributed by atoms with Crippen molar-refractivity contribution in [2.45, 2.75) is 96.6 Å². The lowest BCUT2D eigenvalue weighted by Gasteiger charge is -2.32. The fourth-order valence-corrected chi connectivity index (χ4v) is 3.31. The third-order valence-corrected chi connectivity index (χ3v) is 5.18. The third kappa shape index (κ3) is 12.0. The monoisotopic (exact) mass is 437 g/mol. The largest absolute Gasteiger partial charge is 0.494 e. The molecule has 0 saturated heterocycles. The Morgan fingerprint density at radius 2 is 1.58 bits per heavy atom. The summed E-state index contributed by atoms with van der Waals surface area (Å²) in [5, 5.41) is 22.2. The van der Waals surface area contributed by atoms with Gasteiger partial charge in [-0.2, -0.15) is 0 Å². The van der Waals surface area contributed by atoms with E-state index in [0.717, 1.165) is 38.0 Å². The lowest BCUT2D eigenvalue weighted by atomic mass is 9.93. The Hall–Kier alpha value is -1.79. The summed E-state index contributed by atoms with van der Waals surface area (Å²) in [6, 6.07) is 8.18. The summed E-state index contributed by atoms with van der Waals surface area (Å²) in [5.74, 6) is 0.903. The van der Waals surface area contributed by atoms with Gasteiger partial charge in [-0.05, 0) is 64.2 Å². The van der Waals surface area contributed by atoms with E-state index in [0.29, 0.717) is 6.42 Å². The number of aliphatic hydroxyl groups is 2. The zero-order valence-corrected chi connectivity index (χ0v) is 19.9. The van der Waals surface area contributed by atoms with Gasteiger partial charge in [-0.3, -0.25) is 0 Å². The summed E-state index contributed by atoms with van der Waals surface area (Å²) >= 11 is 0. The number of ether oxygens (including phenoxy) is 2. The SMILES string of the molecule is CCCCCCCOc1ccc(CCCCC(CO)(CO)NC(=O)OC(C)(C)C)cc1. The van der Waals surface area contributed by atoms with Gasteiger partial charge in [-0.1, -0.05) is 51.2 Å². The predicted octanol–water partition coefficient (Wildman–Crippen LogP) is 5.00. The maximum absolute atomic E-state index is 12.1. The number of rotatable bonds is 15. The molecule has 1 rings (SSSR count). The second-order valence-corrected chi connectivity index (χ2v) is 9.34. The van der Waals surface area contributed by atoms with Crippen molar-refractivity contribution < 1.29 is 24.5 Å². The minimum Gasteiger partial charge on any atom is -0.494 e. The molecule has 6 nitrogen and oxygen atoms in total. The summed E-state index contributed by atoms with van der Waals surface area (Å²) in [6.07, 6.45) is 8.51. The fourth-order valence-electron chi connectivity index (χ4n) is 3.31. The minimum absolute atomic E-state index is 0.340. The number of hydrogen-bond donors (Lipinski definition) is 3. The minimum atomic E-state index is -1.07. The molecule has 0 aliphatic heterocycles. The first-order valence-corrected chi connectivity index (χ1v) is 11.7. The van der Waals surface area contributed by atoms with Crippen LogP contribution in [0.3, 0.4) is 0 Å². The summed E-state index contributed by atoms with van der Waals surface area (Å²) < 4.78 is 11.1. The smallest absolute Gasteiger partial charge is 0.408 e. The molecule has 1 amide bonds. The van der Waals surface area contributed by atoms with Crippen LogP contribution in [0.1, 0.15) is 84.6 Å². The van der Waals surface area contributed by atoms with Crippen molar-refractivity contribution in [2.75, 3.05) is 19.8 Å². The molecule has 3 N–H and O–H groups in total. The average molecular weight is 438 g/mol. The van der Waals surface area contributed by atoms with E-state index in [4.69, 9.17) is 9.47 Å². The molecule has 0 radical (unpaired) electrons. The second kappa shape index (κ2) is 14.3. The van der Waals surface area contributed by atoms with Crippen LogP contribution >= 0.6 is 0 Å². The zero-order valence-electron chi connectivity index (χ0n) is 19.9. The number of unbranched alkanes of at least 4 members (excludes halogenated alkanes) is 5. The highest BCUT2D eigenvalue weighted by molar-refractivity contribution is 5.68. The molecule has 0 saturated carbocycles. The molecule has 0 fully saturated rings. The zero-order chi connectivity index (χ0) is 23.2. The quantitative estimate of drug-likeness (QED) is 0.336. The predicted molar refractivity (Wildman–Crippen MR) is 125 cm³/mol. The van der Waals surface area contributed by atoms with E-state index in [1.165, 1.54) is 31.2 Å². The second-order valence-electron chi connectivity index (χ2n) is 9.34. The van der Waals surface area contributed by atoms with Crippen molar-refractivity contribution in [3.63, 3.8) is 0 Å². The van der Waals surface area contributed by atoms with Crippen LogP contribution in [0.5, 0.6) is 5.75 Å². The maximum atomic E-state index is 12.1. The summed E-state index contributed by atoms with van der Waals surface area (Å²) in [7, 11) is 0. The Balaban J connectivity index is 2.36. The van der Waals surface area contributed by atoms with Gasteiger partial charge in [-0.25, -0.2) is 4.79 Å². The molecule has 0 aliphatic rings. The van der Waals surface area contributed by atoms with E-state index in [1.54, 1.807) is 20.8 Å². The van der Waals surface area contributed by atoms with Crippen molar-refractivity contribution in [1.29, 1.82) is 0 Å². The number of amides is 1. The van der Waals surface area contributed by atoms with E-state index < -0.39 is 17.2 Å². The Labute approximate surface area is 188 Å². The number of aliphatic hydroxyl groups excluding tert-OH is 2. The molecule has 1 aromatic rings. The van der Waals surface area contributed by atoms with Crippen molar-refractivity contribution in [2.24, 2.45) is 0 Å². The Morgan fingerprint density at radius 3 is 2.16 bits per heavy atom. The first-order chi connectivity index (χ1) is 14.7. The molecular formula is C25H43NO5. The molecule has 0 atom stereocenters. The van der Waals surface area contributed by atoms with Crippen molar-refractivity contribution in [3.8, 4) is 5.75 Å². The van der Waals surface area contributed by atoms with Crippen molar-refractivity contribution in [3.05, 3.63) is 29.8 Å². The molecule has 1 aromatic carbocycles. The van der Waals surface area contributed by atoms with Gasteiger partial charge in [0.1, 0.15) is 11.4 Å². The Morgan fingerprint density at radius 1 is 0.935 bits per heavy atom. The van der Waals surface area contributed by atoms with Crippen molar-refractivity contribution in [1.82, 2.24) is 5.32 Å². The van der Waals surface area contributed by atoms with Crippen LogP contribution in [0.15, 0.2) is 24.3 Å².